The van der Waals surface area contributed by atoms with E-state index >= 15 is 0 Å². The molecular weight excluding hydrogens is 410 g/mol. The van der Waals surface area contributed by atoms with Gasteiger partial charge in [-0.25, -0.2) is 9.78 Å². The molecule has 2 aromatic heterocycles. The third kappa shape index (κ3) is 3.94. The number of rotatable bonds is 7. The Balaban J connectivity index is 1.51. The smallest absolute Gasteiger partial charge is 0.326 e. The van der Waals surface area contributed by atoms with Crippen molar-refractivity contribution in [3.05, 3.63) is 53.4 Å². The largest absolute Gasteiger partial charge is 0.497 e. The second-order valence-corrected chi connectivity index (χ2v) is 7.89. The van der Waals surface area contributed by atoms with Gasteiger partial charge in [-0.15, -0.1) is 0 Å². The van der Waals surface area contributed by atoms with E-state index in [2.05, 4.69) is 26.4 Å². The molecule has 3 heterocycles. The van der Waals surface area contributed by atoms with E-state index in [-0.39, 0.29) is 11.7 Å². The Bertz CT molecular complexity index is 1250. The molecule has 1 aliphatic carbocycles. The average Bonchev–Trinajstić information content (AvgIpc) is 3.42. The van der Waals surface area contributed by atoms with Crippen LogP contribution in [0.1, 0.15) is 36.9 Å². The van der Waals surface area contributed by atoms with E-state index in [1.807, 2.05) is 37.3 Å². The number of urea groups is 1. The number of hydrogen-bond acceptors (Lipinski definition) is 7. The number of methoxy groups -OCH3 is 1. The van der Waals surface area contributed by atoms with Gasteiger partial charge in [0.15, 0.2) is 5.65 Å². The van der Waals surface area contributed by atoms with Crippen LogP contribution in [0, 0.1) is 0 Å². The molecule has 164 valence electrons. The number of anilines is 2. The fraction of sp³-hybridized carbons (Fsp3) is 0.273. The number of carbonyl (C=O) groups excluding carboxylic acids is 2. The maximum absolute atomic E-state index is 11.9. The van der Waals surface area contributed by atoms with Gasteiger partial charge in [-0.1, -0.05) is 12.1 Å². The second kappa shape index (κ2) is 7.88. The van der Waals surface area contributed by atoms with Crippen LogP contribution in [-0.2, 0) is 4.79 Å². The lowest BCUT2D eigenvalue weighted by Gasteiger charge is -2.17. The first-order chi connectivity index (χ1) is 15.5. The average molecular weight is 433 g/mol. The van der Waals surface area contributed by atoms with Gasteiger partial charge in [-0.05, 0) is 43.5 Å². The van der Waals surface area contributed by atoms with E-state index in [1.165, 1.54) is 0 Å². The van der Waals surface area contributed by atoms with E-state index in [4.69, 9.17) is 9.72 Å². The SMILES string of the molecule is COc1cccc([C@H](C)Nc2cc(NC3CC3)n3ncc(/C=C4\NC(=O)NC4=O)c3n2)c1. The molecule has 0 unspecified atom stereocenters. The molecule has 1 aromatic carbocycles. The predicted octanol–water partition coefficient (Wildman–Crippen LogP) is 2.67. The number of nitrogens with zero attached hydrogens (tertiary/aromatic N) is 3. The van der Waals surface area contributed by atoms with Gasteiger partial charge in [0.05, 0.1) is 19.3 Å². The lowest BCUT2D eigenvalue weighted by Crippen LogP contribution is -2.22. The summed E-state index contributed by atoms with van der Waals surface area (Å²) in [5.74, 6) is 1.78. The number of nitrogens with one attached hydrogen (secondary N) is 4. The van der Waals surface area contributed by atoms with Crippen molar-refractivity contribution in [1.82, 2.24) is 25.2 Å². The van der Waals surface area contributed by atoms with Crippen molar-refractivity contribution in [3.8, 4) is 5.75 Å². The molecule has 3 aromatic rings. The minimum Gasteiger partial charge on any atom is -0.497 e. The zero-order chi connectivity index (χ0) is 22.2. The van der Waals surface area contributed by atoms with Gasteiger partial charge in [-0.3, -0.25) is 10.1 Å². The van der Waals surface area contributed by atoms with Crippen LogP contribution in [0.15, 0.2) is 42.2 Å². The van der Waals surface area contributed by atoms with Gasteiger partial charge in [0.2, 0.25) is 0 Å². The van der Waals surface area contributed by atoms with Gasteiger partial charge >= 0.3 is 6.03 Å². The highest BCUT2D eigenvalue weighted by molar-refractivity contribution is 6.14. The second-order valence-electron chi connectivity index (χ2n) is 7.89. The first-order valence-electron chi connectivity index (χ1n) is 10.4. The van der Waals surface area contributed by atoms with Crippen molar-refractivity contribution in [2.75, 3.05) is 17.7 Å². The quantitative estimate of drug-likeness (QED) is 0.334. The summed E-state index contributed by atoms with van der Waals surface area (Å²) >= 11 is 0. The maximum atomic E-state index is 11.9. The van der Waals surface area contributed by atoms with Crippen molar-refractivity contribution in [3.63, 3.8) is 0 Å². The van der Waals surface area contributed by atoms with Crippen LogP contribution in [0.5, 0.6) is 5.75 Å². The molecule has 2 fully saturated rings. The van der Waals surface area contributed by atoms with Crippen molar-refractivity contribution in [1.29, 1.82) is 0 Å². The van der Waals surface area contributed by atoms with Crippen LogP contribution < -0.4 is 26.0 Å². The lowest BCUT2D eigenvalue weighted by molar-refractivity contribution is -0.115. The molecule has 3 amide bonds. The molecule has 10 nitrogen and oxygen atoms in total. The van der Waals surface area contributed by atoms with Crippen LogP contribution in [0.2, 0.25) is 0 Å². The third-order valence-electron chi connectivity index (χ3n) is 5.41. The summed E-state index contributed by atoms with van der Waals surface area (Å²) in [7, 11) is 1.64. The first kappa shape index (κ1) is 19.9. The Kier molecular flexibility index (Phi) is 4.89. The van der Waals surface area contributed by atoms with Gasteiger partial charge in [0.1, 0.15) is 23.1 Å². The van der Waals surface area contributed by atoms with Crippen molar-refractivity contribution in [2.45, 2.75) is 31.8 Å². The van der Waals surface area contributed by atoms with Gasteiger partial charge in [-0.2, -0.15) is 9.61 Å². The fourth-order valence-corrected chi connectivity index (χ4v) is 3.55. The molecule has 0 spiro atoms. The number of hydrogen-bond donors (Lipinski definition) is 4. The van der Waals surface area contributed by atoms with Crippen molar-refractivity contribution < 1.29 is 14.3 Å². The molecule has 10 heteroatoms. The molecule has 0 bridgehead atoms. The molecule has 1 saturated carbocycles. The summed E-state index contributed by atoms with van der Waals surface area (Å²) in [6.07, 6.45) is 5.42. The maximum Gasteiger partial charge on any atom is 0.326 e. The zero-order valence-corrected chi connectivity index (χ0v) is 17.7. The minimum absolute atomic E-state index is 0.0292. The van der Waals surface area contributed by atoms with Gasteiger partial charge in [0.25, 0.3) is 5.91 Å². The summed E-state index contributed by atoms with van der Waals surface area (Å²) in [5, 5.41) is 16.1. The number of amides is 3. The Morgan fingerprint density at radius 1 is 1.25 bits per heavy atom. The summed E-state index contributed by atoms with van der Waals surface area (Å²) in [6.45, 7) is 2.05. The van der Waals surface area contributed by atoms with Crippen LogP contribution >= 0.6 is 0 Å². The van der Waals surface area contributed by atoms with Crippen LogP contribution in [0.3, 0.4) is 0 Å². The Morgan fingerprint density at radius 2 is 2.09 bits per heavy atom. The number of carbonyl (C=O) groups is 2. The molecule has 32 heavy (non-hydrogen) atoms. The Morgan fingerprint density at radius 3 is 2.81 bits per heavy atom. The van der Waals surface area contributed by atoms with Crippen molar-refractivity contribution in [2.24, 2.45) is 0 Å². The number of aromatic nitrogens is 3. The molecule has 5 rings (SSSR count). The molecule has 1 aliphatic heterocycles. The summed E-state index contributed by atoms with van der Waals surface area (Å²) < 4.78 is 7.04. The van der Waals surface area contributed by atoms with Crippen LogP contribution in [0.25, 0.3) is 11.7 Å². The fourth-order valence-electron chi connectivity index (χ4n) is 3.55. The van der Waals surface area contributed by atoms with Crippen molar-refractivity contribution >= 4 is 35.3 Å². The minimum atomic E-state index is -0.545. The molecular formula is C22H23N7O3. The van der Waals surface area contributed by atoms with E-state index in [0.29, 0.717) is 23.1 Å². The molecule has 2 aliphatic rings. The lowest BCUT2D eigenvalue weighted by atomic mass is 10.1. The Labute approximate surface area is 184 Å². The van der Waals surface area contributed by atoms with E-state index < -0.39 is 11.9 Å². The molecule has 4 N–H and O–H groups in total. The van der Waals surface area contributed by atoms with Gasteiger partial charge < -0.3 is 20.7 Å². The van der Waals surface area contributed by atoms with E-state index in [9.17, 15) is 9.59 Å². The summed E-state index contributed by atoms with van der Waals surface area (Å²) in [6, 6.07) is 9.63. The Hall–Kier alpha value is -4.08. The predicted molar refractivity (Wildman–Crippen MR) is 119 cm³/mol. The standard InChI is InChI=1S/C22H23N7O3/c1-12(13-4-3-5-16(8-13)32-2)24-18-10-19(25-15-6-7-15)29-20(27-18)14(11-23-29)9-17-21(30)28-22(31)26-17/h3-5,8-12,15,25H,6-7H2,1-2H3,(H,24,27)(H2,26,28,30,31)/b17-9-/t12-/m0/s1. The summed E-state index contributed by atoms with van der Waals surface area (Å²) in [4.78, 5) is 28.1. The highest BCUT2D eigenvalue weighted by Gasteiger charge is 2.25. The number of imide groups is 1. The monoisotopic (exact) mass is 433 g/mol. The normalized spacial score (nSPS) is 17.9. The van der Waals surface area contributed by atoms with Crippen LogP contribution in [0.4, 0.5) is 16.4 Å². The third-order valence-corrected chi connectivity index (χ3v) is 5.41. The van der Waals surface area contributed by atoms with Gasteiger partial charge in [0, 0.05) is 17.7 Å². The molecule has 1 saturated heterocycles. The number of ether oxygens (including phenoxy) is 1. The number of benzene rings is 1. The summed E-state index contributed by atoms with van der Waals surface area (Å²) in [5.41, 5.74) is 2.40. The topological polar surface area (TPSA) is 122 Å². The zero-order valence-electron chi connectivity index (χ0n) is 17.7. The first-order valence-corrected chi connectivity index (χ1v) is 10.4. The van der Waals surface area contributed by atoms with E-state index in [1.54, 1.807) is 23.9 Å². The highest BCUT2D eigenvalue weighted by Crippen LogP contribution is 2.29. The van der Waals surface area contributed by atoms with Crippen LogP contribution in [-0.4, -0.2) is 39.7 Å². The molecule has 1 atom stereocenters. The highest BCUT2D eigenvalue weighted by atomic mass is 16.5. The number of fused-ring (bicyclic) bond motifs is 1. The molecule has 0 radical (unpaired) electrons. The van der Waals surface area contributed by atoms with E-state index in [0.717, 1.165) is 30.0 Å².